The Balaban J connectivity index is 2.56. The quantitative estimate of drug-likeness (QED) is 0.754. The first-order chi connectivity index (χ1) is 7.92. The zero-order valence-corrected chi connectivity index (χ0v) is 12.5. The van der Waals surface area contributed by atoms with Crippen molar-refractivity contribution in [2.24, 2.45) is 0 Å². The molecule has 0 amide bonds. The van der Waals surface area contributed by atoms with Crippen molar-refractivity contribution in [1.29, 1.82) is 0 Å². The Morgan fingerprint density at radius 2 is 1.88 bits per heavy atom. The molecule has 0 heterocycles. The highest BCUT2D eigenvalue weighted by Crippen LogP contribution is 2.08. The second-order valence-electron chi connectivity index (χ2n) is 4.11. The van der Waals surface area contributed by atoms with Gasteiger partial charge in [0.15, 0.2) is 0 Å². The van der Waals surface area contributed by atoms with E-state index in [9.17, 15) is 8.42 Å². The van der Waals surface area contributed by atoms with Crippen molar-refractivity contribution >= 4 is 26.0 Å². The fraction of sp³-hybridized carbons (Fsp3) is 0.500. The summed E-state index contributed by atoms with van der Waals surface area (Å²) in [4.78, 5) is 0.166. The van der Waals surface area contributed by atoms with E-state index in [2.05, 4.69) is 15.9 Å². The van der Waals surface area contributed by atoms with Gasteiger partial charge in [0, 0.05) is 18.4 Å². The highest BCUT2D eigenvalue weighted by molar-refractivity contribution is 9.09. The summed E-state index contributed by atoms with van der Waals surface area (Å²) in [5.41, 5.74) is 1.05. The molecule has 0 spiro atoms. The lowest BCUT2D eigenvalue weighted by molar-refractivity contribution is 0.473. The lowest BCUT2D eigenvalue weighted by Crippen LogP contribution is -2.33. The third-order valence-corrected chi connectivity index (χ3v) is 4.58. The summed E-state index contributed by atoms with van der Waals surface area (Å²) in [6.45, 7) is 2.43. The molecule has 1 unspecified atom stereocenters. The molecule has 17 heavy (non-hydrogen) atoms. The fourth-order valence-corrected chi connectivity index (χ4v) is 3.40. The van der Waals surface area contributed by atoms with Gasteiger partial charge in [-0.1, -0.05) is 53.2 Å². The van der Waals surface area contributed by atoms with Crippen molar-refractivity contribution in [3.63, 3.8) is 0 Å². The zero-order valence-electron chi connectivity index (χ0n) is 10.1. The molecule has 1 aromatic rings. The van der Waals surface area contributed by atoms with Crippen molar-refractivity contribution in [3.8, 4) is 0 Å². The van der Waals surface area contributed by atoms with Gasteiger partial charge < -0.3 is 0 Å². The molecule has 0 N–H and O–H groups in total. The van der Waals surface area contributed by atoms with Gasteiger partial charge in [-0.05, 0) is 12.0 Å². The van der Waals surface area contributed by atoms with E-state index >= 15 is 0 Å². The Labute approximate surface area is 112 Å². The van der Waals surface area contributed by atoms with Gasteiger partial charge in [-0.3, -0.25) is 0 Å². The third-order valence-electron chi connectivity index (χ3n) is 2.48. The predicted octanol–water partition coefficient (Wildman–Crippen LogP) is 2.27. The van der Waals surface area contributed by atoms with Crippen molar-refractivity contribution in [2.75, 3.05) is 19.3 Å². The molecule has 0 aliphatic rings. The van der Waals surface area contributed by atoms with E-state index in [4.69, 9.17) is 0 Å². The molecule has 0 fully saturated rings. The number of halogens is 1. The number of hydrogen-bond acceptors (Lipinski definition) is 2. The van der Waals surface area contributed by atoms with E-state index < -0.39 is 10.0 Å². The Hall–Kier alpha value is -0.390. The molecule has 0 saturated carbocycles. The Morgan fingerprint density at radius 1 is 1.29 bits per heavy atom. The number of hydrogen-bond donors (Lipinski definition) is 0. The molecule has 0 bridgehead atoms. The number of benzene rings is 1. The van der Waals surface area contributed by atoms with Gasteiger partial charge in [0.25, 0.3) is 0 Å². The normalized spacial score (nSPS) is 13.9. The maximum Gasteiger partial charge on any atom is 0.214 e. The highest BCUT2D eigenvalue weighted by Gasteiger charge is 2.18. The summed E-state index contributed by atoms with van der Waals surface area (Å²) >= 11 is 3.36. The standard InChI is InChI=1S/C12H18BrNO2S/c1-11(13)10-14(2)17(15,16)9-8-12-6-4-3-5-7-12/h3-7,11H,8-10H2,1-2H3. The highest BCUT2D eigenvalue weighted by atomic mass is 79.9. The van der Waals surface area contributed by atoms with Gasteiger partial charge in [0.1, 0.15) is 0 Å². The molecular formula is C12H18BrNO2S. The van der Waals surface area contributed by atoms with Gasteiger partial charge in [0.2, 0.25) is 10.0 Å². The van der Waals surface area contributed by atoms with E-state index in [1.807, 2.05) is 37.3 Å². The molecule has 0 radical (unpaired) electrons. The summed E-state index contributed by atoms with van der Waals surface area (Å²) < 4.78 is 25.3. The summed E-state index contributed by atoms with van der Waals surface area (Å²) in [5.74, 6) is 0.160. The average Bonchev–Trinajstić information content (AvgIpc) is 2.27. The van der Waals surface area contributed by atoms with Crippen LogP contribution in [-0.2, 0) is 16.4 Å². The summed E-state index contributed by atoms with van der Waals surface area (Å²) in [5, 5.41) is 0. The lowest BCUT2D eigenvalue weighted by Gasteiger charge is -2.18. The fourth-order valence-electron chi connectivity index (χ4n) is 1.52. The second kappa shape index (κ2) is 6.52. The molecular weight excluding hydrogens is 302 g/mol. The number of nitrogens with zero attached hydrogens (tertiary/aromatic N) is 1. The first kappa shape index (κ1) is 14.7. The molecule has 1 rings (SSSR count). The number of rotatable bonds is 6. The SMILES string of the molecule is CC(Br)CN(C)S(=O)(=O)CCc1ccccc1. The molecule has 96 valence electrons. The molecule has 0 aliphatic carbocycles. The van der Waals surface area contributed by atoms with E-state index in [1.54, 1.807) is 7.05 Å². The lowest BCUT2D eigenvalue weighted by atomic mass is 10.2. The average molecular weight is 320 g/mol. The van der Waals surface area contributed by atoms with Gasteiger partial charge in [-0.15, -0.1) is 0 Å². The number of sulfonamides is 1. The maximum atomic E-state index is 11.9. The summed E-state index contributed by atoms with van der Waals surface area (Å²) in [6, 6.07) is 9.67. The number of aryl methyl sites for hydroxylation is 1. The van der Waals surface area contributed by atoms with E-state index in [-0.39, 0.29) is 10.6 Å². The first-order valence-electron chi connectivity index (χ1n) is 5.54. The zero-order chi connectivity index (χ0) is 12.9. The third kappa shape index (κ3) is 5.19. The maximum absolute atomic E-state index is 11.9. The van der Waals surface area contributed by atoms with Gasteiger partial charge in [0.05, 0.1) is 5.75 Å². The topological polar surface area (TPSA) is 37.4 Å². The van der Waals surface area contributed by atoms with E-state index in [1.165, 1.54) is 4.31 Å². The van der Waals surface area contributed by atoms with Gasteiger partial charge >= 0.3 is 0 Å². The first-order valence-corrected chi connectivity index (χ1v) is 8.06. The van der Waals surface area contributed by atoms with Crippen LogP contribution in [0.2, 0.25) is 0 Å². The van der Waals surface area contributed by atoms with Crippen LogP contribution in [0.3, 0.4) is 0 Å². The Kier molecular flexibility index (Phi) is 5.62. The van der Waals surface area contributed by atoms with Gasteiger partial charge in [-0.25, -0.2) is 12.7 Å². The van der Waals surface area contributed by atoms with E-state index in [0.29, 0.717) is 13.0 Å². The van der Waals surface area contributed by atoms with Crippen LogP contribution in [0, 0.1) is 0 Å². The summed E-state index contributed by atoms with van der Waals surface area (Å²) in [7, 11) is -1.53. The van der Waals surface area contributed by atoms with Crippen LogP contribution in [0.15, 0.2) is 30.3 Å². The molecule has 5 heteroatoms. The molecule has 1 atom stereocenters. The van der Waals surface area contributed by atoms with Crippen LogP contribution in [-0.4, -0.2) is 36.9 Å². The van der Waals surface area contributed by atoms with Crippen LogP contribution in [0.25, 0.3) is 0 Å². The minimum Gasteiger partial charge on any atom is -0.212 e. The van der Waals surface area contributed by atoms with Crippen molar-refractivity contribution in [2.45, 2.75) is 18.2 Å². The van der Waals surface area contributed by atoms with Crippen LogP contribution in [0.5, 0.6) is 0 Å². The largest absolute Gasteiger partial charge is 0.214 e. The number of alkyl halides is 1. The molecule has 3 nitrogen and oxygen atoms in total. The summed E-state index contributed by atoms with van der Waals surface area (Å²) in [6.07, 6.45) is 0.560. The van der Waals surface area contributed by atoms with Crippen LogP contribution >= 0.6 is 15.9 Å². The van der Waals surface area contributed by atoms with E-state index in [0.717, 1.165) is 5.56 Å². The minimum absolute atomic E-state index is 0.160. The van der Waals surface area contributed by atoms with Gasteiger partial charge in [-0.2, -0.15) is 0 Å². The van der Waals surface area contributed by atoms with Crippen LogP contribution < -0.4 is 0 Å². The smallest absolute Gasteiger partial charge is 0.212 e. The predicted molar refractivity (Wildman–Crippen MR) is 75.0 cm³/mol. The Morgan fingerprint density at radius 3 is 2.41 bits per heavy atom. The Bertz CT molecular complexity index is 431. The van der Waals surface area contributed by atoms with Crippen molar-refractivity contribution in [3.05, 3.63) is 35.9 Å². The molecule has 0 aliphatic heterocycles. The molecule has 0 aromatic heterocycles. The monoisotopic (exact) mass is 319 g/mol. The van der Waals surface area contributed by atoms with Crippen molar-refractivity contribution < 1.29 is 8.42 Å². The second-order valence-corrected chi connectivity index (χ2v) is 7.87. The minimum atomic E-state index is -3.15. The van der Waals surface area contributed by atoms with Crippen molar-refractivity contribution in [1.82, 2.24) is 4.31 Å². The molecule has 0 saturated heterocycles. The van der Waals surface area contributed by atoms with Crippen LogP contribution in [0.4, 0.5) is 0 Å². The molecule has 1 aromatic carbocycles. The van der Waals surface area contributed by atoms with Crippen LogP contribution in [0.1, 0.15) is 12.5 Å².